The molecule has 0 spiro atoms. The van der Waals surface area contributed by atoms with Gasteiger partial charge in [-0.2, -0.15) is 0 Å². The highest BCUT2D eigenvalue weighted by molar-refractivity contribution is 6.68. The van der Waals surface area contributed by atoms with Gasteiger partial charge in [0.1, 0.15) is 6.17 Å². The molecule has 1 amide bonds. The first-order chi connectivity index (χ1) is 8.70. The van der Waals surface area contributed by atoms with E-state index in [0.29, 0.717) is 5.56 Å². The van der Waals surface area contributed by atoms with Crippen LogP contribution in [-0.4, -0.2) is 21.9 Å². The second-order valence-corrected chi connectivity index (χ2v) is 7.00. The summed E-state index contributed by atoms with van der Waals surface area (Å²) in [6.07, 6.45) is -0.758. The molecule has 0 heterocycles. The van der Waals surface area contributed by atoms with Crippen molar-refractivity contribution in [3.8, 4) is 0 Å². The van der Waals surface area contributed by atoms with Crippen LogP contribution in [0, 0.1) is 6.92 Å². The van der Waals surface area contributed by atoms with E-state index in [2.05, 4.69) is 10.6 Å². The van der Waals surface area contributed by atoms with Crippen molar-refractivity contribution in [3.63, 3.8) is 0 Å². The molecule has 0 saturated carbocycles. The predicted molar refractivity (Wildman–Crippen MR) is 81.0 cm³/mol. The number of benzene rings is 1. The van der Waals surface area contributed by atoms with Crippen LogP contribution in [0.5, 0.6) is 0 Å². The molecule has 0 bridgehead atoms. The monoisotopic (exact) mass is 322 g/mol. The lowest BCUT2D eigenvalue weighted by Crippen LogP contribution is -2.55. The Balaban J connectivity index is 2.79. The number of rotatable bonds is 4. The number of nitrogens with one attached hydrogen (secondary N) is 2. The maximum atomic E-state index is 12.1. The molecule has 0 radical (unpaired) electrons. The maximum absolute atomic E-state index is 12.1. The summed E-state index contributed by atoms with van der Waals surface area (Å²) < 4.78 is -1.62. The lowest BCUT2D eigenvalue weighted by Gasteiger charge is -2.28. The summed E-state index contributed by atoms with van der Waals surface area (Å²) in [7, 11) is 0. The van der Waals surface area contributed by atoms with Gasteiger partial charge < -0.3 is 5.32 Å². The van der Waals surface area contributed by atoms with Gasteiger partial charge in [-0.05, 0) is 32.9 Å². The van der Waals surface area contributed by atoms with Crippen molar-refractivity contribution in [3.05, 3.63) is 35.4 Å². The molecule has 0 aliphatic heterocycles. The Hall–Kier alpha value is -0.480. The van der Waals surface area contributed by atoms with Crippen LogP contribution in [-0.2, 0) is 0 Å². The number of carbonyl (C=O) groups excluding carboxylic acids is 1. The summed E-state index contributed by atoms with van der Waals surface area (Å²) in [6.45, 7) is 5.76. The Kier molecular flexibility index (Phi) is 5.93. The number of aryl methyl sites for hydroxylation is 1. The van der Waals surface area contributed by atoms with Gasteiger partial charge in [-0.3, -0.25) is 10.1 Å². The lowest BCUT2D eigenvalue weighted by atomic mass is 10.1. The van der Waals surface area contributed by atoms with E-state index in [1.165, 1.54) is 0 Å². The van der Waals surface area contributed by atoms with Gasteiger partial charge in [0.2, 0.25) is 3.79 Å². The fourth-order valence-electron chi connectivity index (χ4n) is 1.47. The smallest absolute Gasteiger partial charge is 0.252 e. The molecule has 0 aromatic heterocycles. The van der Waals surface area contributed by atoms with Gasteiger partial charge in [0.05, 0.1) is 0 Å². The van der Waals surface area contributed by atoms with Crippen molar-refractivity contribution < 1.29 is 4.79 Å². The first-order valence-electron chi connectivity index (χ1n) is 5.90. The van der Waals surface area contributed by atoms with Gasteiger partial charge in [-0.1, -0.05) is 52.5 Å². The van der Waals surface area contributed by atoms with Crippen molar-refractivity contribution >= 4 is 40.7 Å². The van der Waals surface area contributed by atoms with Crippen LogP contribution < -0.4 is 10.6 Å². The molecule has 19 heavy (non-hydrogen) atoms. The molecule has 0 saturated heterocycles. The highest BCUT2D eigenvalue weighted by atomic mass is 35.6. The zero-order valence-electron chi connectivity index (χ0n) is 11.0. The largest absolute Gasteiger partial charge is 0.333 e. The second-order valence-electron chi connectivity index (χ2n) is 4.64. The molecule has 0 fully saturated rings. The first kappa shape index (κ1) is 16.6. The molecule has 1 rings (SSSR count). The Bertz CT molecular complexity index is 427. The van der Waals surface area contributed by atoms with Crippen molar-refractivity contribution in [1.29, 1.82) is 0 Å². The number of amides is 1. The molecule has 6 heteroatoms. The highest BCUT2D eigenvalue weighted by Crippen LogP contribution is 2.29. The van der Waals surface area contributed by atoms with Gasteiger partial charge in [0.25, 0.3) is 5.91 Å². The maximum Gasteiger partial charge on any atom is 0.252 e. The Morgan fingerprint density at radius 3 is 2.11 bits per heavy atom. The molecular weight excluding hydrogens is 307 g/mol. The number of alkyl halides is 3. The molecule has 3 nitrogen and oxygen atoms in total. The molecule has 1 atom stereocenters. The minimum absolute atomic E-state index is 0.0685. The van der Waals surface area contributed by atoms with E-state index in [9.17, 15) is 4.79 Å². The normalized spacial score (nSPS) is 13.4. The van der Waals surface area contributed by atoms with E-state index in [1.54, 1.807) is 12.1 Å². The predicted octanol–water partition coefficient (Wildman–Crippen LogP) is 3.42. The summed E-state index contributed by atoms with van der Waals surface area (Å²) in [5.41, 5.74) is 1.60. The molecule has 0 aliphatic carbocycles. The minimum atomic E-state index is -1.62. The molecule has 106 valence electrons. The zero-order valence-corrected chi connectivity index (χ0v) is 13.3. The first-order valence-corrected chi connectivity index (χ1v) is 7.04. The third kappa shape index (κ3) is 5.57. The lowest BCUT2D eigenvalue weighted by molar-refractivity contribution is 0.0928. The van der Waals surface area contributed by atoms with E-state index >= 15 is 0 Å². The zero-order chi connectivity index (χ0) is 14.6. The topological polar surface area (TPSA) is 41.1 Å². The van der Waals surface area contributed by atoms with E-state index in [-0.39, 0.29) is 11.9 Å². The Morgan fingerprint density at radius 2 is 1.68 bits per heavy atom. The van der Waals surface area contributed by atoms with Crippen molar-refractivity contribution in [1.82, 2.24) is 10.6 Å². The van der Waals surface area contributed by atoms with Crippen LogP contribution in [0.4, 0.5) is 0 Å². The van der Waals surface area contributed by atoms with E-state index in [1.807, 2.05) is 32.9 Å². The van der Waals surface area contributed by atoms with Crippen LogP contribution in [0.1, 0.15) is 29.8 Å². The summed E-state index contributed by atoms with van der Waals surface area (Å²) in [4.78, 5) is 12.1. The van der Waals surface area contributed by atoms with Crippen LogP contribution in [0.3, 0.4) is 0 Å². The highest BCUT2D eigenvalue weighted by Gasteiger charge is 2.34. The molecular formula is C13H17Cl3N2O. The summed E-state index contributed by atoms with van der Waals surface area (Å²) in [5, 5.41) is 5.68. The molecule has 2 N–H and O–H groups in total. The minimum Gasteiger partial charge on any atom is -0.333 e. The number of carbonyl (C=O) groups is 1. The SMILES string of the molecule is Cc1ccc(C(=O)N[C@@H](NC(C)C)C(Cl)(Cl)Cl)cc1. The summed E-state index contributed by atoms with van der Waals surface area (Å²) >= 11 is 17.6. The fraction of sp³-hybridized carbons (Fsp3) is 0.462. The Labute approximate surface area is 128 Å². The third-order valence-corrected chi connectivity index (χ3v) is 3.07. The van der Waals surface area contributed by atoms with Gasteiger partial charge in [0, 0.05) is 11.6 Å². The quantitative estimate of drug-likeness (QED) is 0.658. The van der Waals surface area contributed by atoms with E-state index in [0.717, 1.165) is 5.56 Å². The number of hydrogen-bond donors (Lipinski definition) is 2. The van der Waals surface area contributed by atoms with Crippen molar-refractivity contribution in [2.75, 3.05) is 0 Å². The van der Waals surface area contributed by atoms with E-state index < -0.39 is 9.96 Å². The third-order valence-electron chi connectivity index (χ3n) is 2.42. The fourth-order valence-corrected chi connectivity index (χ4v) is 1.82. The summed E-state index contributed by atoms with van der Waals surface area (Å²) in [5.74, 6) is -0.288. The standard InChI is InChI=1S/C13H17Cl3N2O/c1-8(2)17-12(13(14,15)16)18-11(19)10-6-4-9(3)5-7-10/h4-8,12,17H,1-3H3,(H,18,19)/t12-/m1/s1. The van der Waals surface area contributed by atoms with Gasteiger partial charge in [0.15, 0.2) is 0 Å². The number of halogens is 3. The average molecular weight is 324 g/mol. The Morgan fingerprint density at radius 1 is 1.16 bits per heavy atom. The van der Waals surface area contributed by atoms with Crippen molar-refractivity contribution in [2.45, 2.75) is 36.8 Å². The van der Waals surface area contributed by atoms with Crippen LogP contribution >= 0.6 is 34.8 Å². The van der Waals surface area contributed by atoms with Crippen molar-refractivity contribution in [2.24, 2.45) is 0 Å². The second kappa shape index (κ2) is 6.80. The van der Waals surface area contributed by atoms with E-state index in [4.69, 9.17) is 34.8 Å². The van der Waals surface area contributed by atoms with Gasteiger partial charge in [-0.15, -0.1) is 0 Å². The molecule has 0 unspecified atom stereocenters. The van der Waals surface area contributed by atoms with Gasteiger partial charge >= 0.3 is 0 Å². The van der Waals surface area contributed by atoms with Crippen LogP contribution in [0.15, 0.2) is 24.3 Å². The van der Waals surface area contributed by atoms with Gasteiger partial charge in [-0.25, -0.2) is 0 Å². The van der Waals surface area contributed by atoms with Crippen LogP contribution in [0.2, 0.25) is 0 Å². The average Bonchev–Trinajstić information content (AvgIpc) is 2.27. The summed E-state index contributed by atoms with van der Waals surface area (Å²) in [6, 6.07) is 7.24. The number of hydrogen-bond acceptors (Lipinski definition) is 2. The molecule has 1 aromatic carbocycles. The molecule has 1 aromatic rings. The van der Waals surface area contributed by atoms with Crippen LogP contribution in [0.25, 0.3) is 0 Å². The molecule has 0 aliphatic rings.